The Balaban J connectivity index is 1.69. The van der Waals surface area contributed by atoms with Crippen LogP contribution in [0.5, 0.6) is 5.75 Å². The molecule has 32 heavy (non-hydrogen) atoms. The average molecular weight is 431 g/mol. The molecule has 7 heteroatoms. The van der Waals surface area contributed by atoms with Gasteiger partial charge < -0.3 is 21.1 Å². The van der Waals surface area contributed by atoms with Gasteiger partial charge in [-0.05, 0) is 41.8 Å². The number of nitrogens with two attached hydrogens (primary N) is 1. The van der Waals surface area contributed by atoms with Gasteiger partial charge in [0, 0.05) is 17.7 Å². The van der Waals surface area contributed by atoms with Crippen LogP contribution in [0, 0.1) is 5.41 Å². The Morgan fingerprint density at radius 1 is 0.969 bits per heavy atom. The third-order valence-electron chi connectivity index (χ3n) is 4.98. The molecule has 0 heterocycles. The van der Waals surface area contributed by atoms with Gasteiger partial charge in [-0.25, -0.2) is 0 Å². The monoisotopic (exact) mass is 430 g/mol. The number of nitrogen functional groups attached to an aromatic ring is 1. The summed E-state index contributed by atoms with van der Waals surface area (Å²) in [6.07, 6.45) is 0.645. The topological polar surface area (TPSA) is 117 Å². The first-order valence-electron chi connectivity index (χ1n) is 10.2. The number of hydrogen-bond acceptors (Lipinski definition) is 4. The van der Waals surface area contributed by atoms with Crippen LogP contribution in [0.3, 0.4) is 0 Å². The summed E-state index contributed by atoms with van der Waals surface area (Å²) in [6, 6.07) is 22.3. The van der Waals surface area contributed by atoms with E-state index in [-0.39, 0.29) is 11.7 Å². The van der Waals surface area contributed by atoms with Crippen molar-refractivity contribution in [3.63, 3.8) is 0 Å². The fourth-order valence-electron chi connectivity index (χ4n) is 3.21. The number of methoxy groups -OCH3 is 1. The van der Waals surface area contributed by atoms with Crippen molar-refractivity contribution in [2.24, 2.45) is 5.73 Å². The van der Waals surface area contributed by atoms with E-state index in [2.05, 4.69) is 10.6 Å². The van der Waals surface area contributed by atoms with Crippen LogP contribution < -0.4 is 21.1 Å². The summed E-state index contributed by atoms with van der Waals surface area (Å²) >= 11 is 0. The van der Waals surface area contributed by atoms with Gasteiger partial charge in [-0.15, -0.1) is 0 Å². The number of carbonyl (C=O) groups is 2. The molecule has 0 unspecified atom stereocenters. The Morgan fingerprint density at radius 3 is 2.31 bits per heavy atom. The van der Waals surface area contributed by atoms with Crippen LogP contribution in [0.1, 0.15) is 33.1 Å². The third-order valence-corrected chi connectivity index (χ3v) is 4.98. The Labute approximate surface area is 187 Å². The van der Waals surface area contributed by atoms with Crippen molar-refractivity contribution in [1.82, 2.24) is 10.6 Å². The van der Waals surface area contributed by atoms with Gasteiger partial charge in [0.1, 0.15) is 17.6 Å². The van der Waals surface area contributed by atoms with Crippen LogP contribution in [-0.4, -0.2) is 31.3 Å². The van der Waals surface area contributed by atoms with Gasteiger partial charge in [0.25, 0.3) is 5.91 Å². The zero-order chi connectivity index (χ0) is 22.9. The Kier molecular flexibility index (Phi) is 7.59. The first kappa shape index (κ1) is 22.6. The molecule has 2 amide bonds. The first-order valence-corrected chi connectivity index (χ1v) is 10.2. The van der Waals surface area contributed by atoms with E-state index in [0.717, 1.165) is 11.3 Å². The van der Waals surface area contributed by atoms with Crippen molar-refractivity contribution in [2.45, 2.75) is 12.5 Å². The molecule has 0 saturated carbocycles. The quantitative estimate of drug-likeness (QED) is 0.308. The molecule has 0 bridgehead atoms. The maximum Gasteiger partial charge on any atom is 0.252 e. The van der Waals surface area contributed by atoms with Crippen molar-refractivity contribution in [1.29, 1.82) is 5.41 Å². The van der Waals surface area contributed by atoms with Crippen molar-refractivity contribution in [2.75, 3.05) is 13.7 Å². The predicted molar refractivity (Wildman–Crippen MR) is 124 cm³/mol. The second-order valence-corrected chi connectivity index (χ2v) is 7.20. The molecule has 3 aromatic rings. The van der Waals surface area contributed by atoms with Gasteiger partial charge >= 0.3 is 0 Å². The van der Waals surface area contributed by atoms with E-state index in [1.54, 1.807) is 37.4 Å². The predicted octanol–water partition coefficient (Wildman–Crippen LogP) is 2.81. The lowest BCUT2D eigenvalue weighted by molar-refractivity contribution is -0.123. The number of rotatable bonds is 9. The van der Waals surface area contributed by atoms with Crippen LogP contribution in [-0.2, 0) is 11.2 Å². The highest BCUT2D eigenvalue weighted by molar-refractivity contribution is 6.01. The van der Waals surface area contributed by atoms with Crippen LogP contribution in [0.2, 0.25) is 0 Å². The van der Waals surface area contributed by atoms with Gasteiger partial charge in [-0.3, -0.25) is 15.0 Å². The molecule has 0 aliphatic rings. The molecular formula is C25H26N4O3. The number of ether oxygens (including phenoxy) is 1. The van der Waals surface area contributed by atoms with Gasteiger partial charge in [0.15, 0.2) is 0 Å². The molecule has 0 fully saturated rings. The highest BCUT2D eigenvalue weighted by Crippen LogP contribution is 2.15. The Morgan fingerprint density at radius 2 is 1.66 bits per heavy atom. The highest BCUT2D eigenvalue weighted by Gasteiger charge is 2.23. The fourth-order valence-corrected chi connectivity index (χ4v) is 3.21. The summed E-state index contributed by atoms with van der Waals surface area (Å²) in [6.45, 7) is 0.421. The zero-order valence-electron chi connectivity index (χ0n) is 17.8. The fraction of sp³-hybridized carbons (Fsp3) is 0.160. The molecule has 164 valence electrons. The lowest BCUT2D eigenvalue weighted by Gasteiger charge is -2.19. The van der Waals surface area contributed by atoms with E-state index in [0.29, 0.717) is 29.7 Å². The summed E-state index contributed by atoms with van der Waals surface area (Å²) in [7, 11) is 1.61. The Hall–Kier alpha value is -4.13. The average Bonchev–Trinajstić information content (AvgIpc) is 2.83. The van der Waals surface area contributed by atoms with E-state index < -0.39 is 11.9 Å². The lowest BCUT2D eigenvalue weighted by atomic mass is 10.0. The van der Waals surface area contributed by atoms with Crippen LogP contribution >= 0.6 is 0 Å². The number of carbonyl (C=O) groups excluding carboxylic acids is 2. The van der Waals surface area contributed by atoms with E-state index in [1.807, 2.05) is 42.5 Å². The molecule has 5 N–H and O–H groups in total. The maximum absolute atomic E-state index is 13.0. The van der Waals surface area contributed by atoms with Crippen LogP contribution in [0.25, 0.3) is 0 Å². The summed E-state index contributed by atoms with van der Waals surface area (Å²) in [4.78, 5) is 25.8. The SMILES string of the molecule is COc1ccc(CCNC(=O)[C@H](NC(=O)c2cccc(C(=N)N)c2)c2ccccc2)cc1. The van der Waals surface area contributed by atoms with Crippen molar-refractivity contribution >= 4 is 17.6 Å². The number of amides is 2. The zero-order valence-corrected chi connectivity index (χ0v) is 17.8. The molecule has 3 aromatic carbocycles. The van der Waals surface area contributed by atoms with Crippen molar-refractivity contribution in [3.05, 3.63) is 101 Å². The molecule has 0 aromatic heterocycles. The summed E-state index contributed by atoms with van der Waals surface area (Å²) in [5.74, 6) is -0.0814. The molecule has 3 rings (SSSR count). The molecule has 1 atom stereocenters. The second-order valence-electron chi connectivity index (χ2n) is 7.20. The normalized spacial score (nSPS) is 11.3. The summed E-state index contributed by atoms with van der Waals surface area (Å²) < 4.78 is 5.16. The summed E-state index contributed by atoms with van der Waals surface area (Å²) in [5, 5.41) is 13.3. The molecule has 0 aliphatic carbocycles. The molecule has 0 aliphatic heterocycles. The van der Waals surface area contributed by atoms with E-state index >= 15 is 0 Å². The smallest absolute Gasteiger partial charge is 0.252 e. The van der Waals surface area contributed by atoms with Gasteiger partial charge in [-0.2, -0.15) is 0 Å². The van der Waals surface area contributed by atoms with Crippen LogP contribution in [0.4, 0.5) is 0 Å². The number of nitrogens with one attached hydrogen (secondary N) is 3. The van der Waals surface area contributed by atoms with Crippen LogP contribution in [0.15, 0.2) is 78.9 Å². The van der Waals surface area contributed by atoms with E-state index in [1.165, 1.54) is 6.07 Å². The number of hydrogen-bond donors (Lipinski definition) is 4. The molecule has 7 nitrogen and oxygen atoms in total. The number of benzene rings is 3. The van der Waals surface area contributed by atoms with Gasteiger partial charge in [-0.1, -0.05) is 54.6 Å². The third kappa shape index (κ3) is 5.95. The second kappa shape index (κ2) is 10.8. The molecule has 0 radical (unpaired) electrons. The summed E-state index contributed by atoms with van der Waals surface area (Å²) in [5.41, 5.74) is 8.02. The largest absolute Gasteiger partial charge is 0.497 e. The standard InChI is InChI=1S/C25H26N4O3/c1-32-21-12-10-17(11-13-21)14-15-28-25(31)22(18-6-3-2-4-7-18)29-24(30)20-9-5-8-19(16-20)23(26)27/h2-13,16,22H,14-15H2,1H3,(H3,26,27)(H,28,31)(H,29,30)/t22-/m1/s1. The Bertz CT molecular complexity index is 1080. The van der Waals surface area contributed by atoms with E-state index in [9.17, 15) is 9.59 Å². The number of amidine groups is 1. The van der Waals surface area contributed by atoms with Gasteiger partial charge in [0.2, 0.25) is 5.91 Å². The minimum atomic E-state index is -0.861. The minimum absolute atomic E-state index is 0.129. The van der Waals surface area contributed by atoms with E-state index in [4.69, 9.17) is 15.9 Å². The molecule has 0 saturated heterocycles. The van der Waals surface area contributed by atoms with Crippen molar-refractivity contribution in [3.8, 4) is 5.75 Å². The van der Waals surface area contributed by atoms with Gasteiger partial charge in [0.05, 0.1) is 7.11 Å². The lowest BCUT2D eigenvalue weighted by Crippen LogP contribution is -2.41. The first-order chi connectivity index (χ1) is 15.5. The van der Waals surface area contributed by atoms with Crippen molar-refractivity contribution < 1.29 is 14.3 Å². The highest BCUT2D eigenvalue weighted by atomic mass is 16.5. The molecular weight excluding hydrogens is 404 g/mol. The molecule has 0 spiro atoms. The maximum atomic E-state index is 13.0. The minimum Gasteiger partial charge on any atom is -0.497 e.